The fraction of sp³-hybridized carbons (Fsp3) is 0.100. The van der Waals surface area contributed by atoms with Crippen LogP contribution < -0.4 is 0 Å². The van der Waals surface area contributed by atoms with E-state index in [-0.39, 0.29) is 0 Å². The van der Waals surface area contributed by atoms with E-state index >= 15 is 0 Å². The molecular formula is C10H9N5. The van der Waals surface area contributed by atoms with Gasteiger partial charge in [0, 0.05) is 0 Å². The van der Waals surface area contributed by atoms with E-state index in [4.69, 9.17) is 0 Å². The van der Waals surface area contributed by atoms with Crippen LogP contribution in [-0.4, -0.2) is 25.4 Å². The first kappa shape index (κ1) is 8.16. The van der Waals surface area contributed by atoms with Crippen LogP contribution in [0, 0.1) is 0 Å². The Kier molecular flexibility index (Phi) is 1.74. The first-order valence-corrected chi connectivity index (χ1v) is 4.70. The summed E-state index contributed by atoms with van der Waals surface area (Å²) in [5.74, 6) is 0.908. The molecule has 0 atom stereocenters. The van der Waals surface area contributed by atoms with Gasteiger partial charge in [0.15, 0.2) is 0 Å². The molecule has 0 bridgehead atoms. The Morgan fingerprint density at radius 1 is 1.20 bits per heavy atom. The Balaban J connectivity index is 1.98. The van der Waals surface area contributed by atoms with Gasteiger partial charge >= 0.3 is 0 Å². The van der Waals surface area contributed by atoms with Crippen molar-refractivity contribution < 1.29 is 0 Å². The number of fused-ring (bicyclic) bond motifs is 1. The quantitative estimate of drug-likeness (QED) is 0.653. The molecule has 0 unspecified atom stereocenters. The zero-order valence-electron chi connectivity index (χ0n) is 7.94. The predicted octanol–water partition coefficient (Wildman–Crippen LogP) is 1.27. The van der Waals surface area contributed by atoms with Gasteiger partial charge in [0.2, 0.25) is 0 Å². The highest BCUT2D eigenvalue weighted by Crippen LogP contribution is 2.11. The van der Waals surface area contributed by atoms with Gasteiger partial charge in [-0.05, 0) is 12.1 Å². The van der Waals surface area contributed by atoms with Crippen LogP contribution >= 0.6 is 0 Å². The van der Waals surface area contributed by atoms with E-state index in [0.717, 1.165) is 22.6 Å². The lowest BCUT2D eigenvalue weighted by atomic mass is 10.3. The molecule has 0 amide bonds. The van der Waals surface area contributed by atoms with E-state index < -0.39 is 0 Å². The minimum absolute atomic E-state index is 0.672. The molecule has 5 nitrogen and oxygen atoms in total. The third kappa shape index (κ3) is 1.48. The van der Waals surface area contributed by atoms with Gasteiger partial charge in [-0.3, -0.25) is 0 Å². The summed E-state index contributed by atoms with van der Waals surface area (Å²) in [5.41, 5.74) is 2.92. The van der Waals surface area contributed by atoms with Crippen molar-refractivity contribution in [1.82, 2.24) is 25.4 Å². The number of H-pyrrole nitrogens is 2. The van der Waals surface area contributed by atoms with Gasteiger partial charge in [-0.1, -0.05) is 12.1 Å². The fourth-order valence-electron chi connectivity index (χ4n) is 1.57. The van der Waals surface area contributed by atoms with Crippen molar-refractivity contribution in [3.8, 4) is 0 Å². The Hall–Kier alpha value is -2.17. The molecule has 2 heterocycles. The van der Waals surface area contributed by atoms with Gasteiger partial charge in [0.25, 0.3) is 0 Å². The van der Waals surface area contributed by atoms with Crippen molar-refractivity contribution in [2.24, 2.45) is 0 Å². The van der Waals surface area contributed by atoms with Crippen LogP contribution in [0.5, 0.6) is 0 Å². The van der Waals surface area contributed by atoms with E-state index in [0.29, 0.717) is 6.42 Å². The molecule has 0 aliphatic heterocycles. The smallest absolute Gasteiger partial charge is 0.113 e. The van der Waals surface area contributed by atoms with Gasteiger partial charge in [0.05, 0.1) is 29.3 Å². The highest BCUT2D eigenvalue weighted by atomic mass is 15.3. The van der Waals surface area contributed by atoms with Crippen LogP contribution in [0.15, 0.2) is 30.5 Å². The summed E-state index contributed by atoms with van der Waals surface area (Å²) < 4.78 is 0. The second-order valence-corrected chi connectivity index (χ2v) is 3.34. The molecule has 15 heavy (non-hydrogen) atoms. The number of rotatable bonds is 2. The maximum absolute atomic E-state index is 4.45. The Labute approximate surface area is 85.5 Å². The van der Waals surface area contributed by atoms with Crippen molar-refractivity contribution in [1.29, 1.82) is 0 Å². The molecule has 3 aromatic rings. The maximum Gasteiger partial charge on any atom is 0.113 e. The van der Waals surface area contributed by atoms with Crippen LogP contribution in [0.3, 0.4) is 0 Å². The average molecular weight is 199 g/mol. The van der Waals surface area contributed by atoms with Crippen molar-refractivity contribution >= 4 is 11.0 Å². The standard InChI is InChI=1S/C10H9N5/c1-2-4-9-8(3-1)12-10(13-9)5-7-6-11-15-14-7/h1-4,6H,5H2,(H,12,13)(H,11,14,15). The number of hydrogen-bond donors (Lipinski definition) is 2. The predicted molar refractivity (Wildman–Crippen MR) is 55.3 cm³/mol. The molecule has 0 spiro atoms. The summed E-state index contributed by atoms with van der Waals surface area (Å²) >= 11 is 0. The van der Waals surface area contributed by atoms with Gasteiger partial charge in [-0.2, -0.15) is 15.4 Å². The van der Waals surface area contributed by atoms with E-state index in [2.05, 4.69) is 25.4 Å². The van der Waals surface area contributed by atoms with E-state index in [1.807, 2.05) is 24.3 Å². The summed E-state index contributed by atoms with van der Waals surface area (Å²) in [7, 11) is 0. The number of hydrogen-bond acceptors (Lipinski definition) is 3. The molecule has 5 heteroatoms. The molecule has 2 aromatic heterocycles. The number of nitrogens with zero attached hydrogens (tertiary/aromatic N) is 3. The lowest BCUT2D eigenvalue weighted by Gasteiger charge is -1.88. The van der Waals surface area contributed by atoms with Gasteiger partial charge in [-0.25, -0.2) is 4.98 Å². The van der Waals surface area contributed by atoms with Crippen LogP contribution in [0.1, 0.15) is 11.5 Å². The van der Waals surface area contributed by atoms with Crippen LogP contribution in [0.2, 0.25) is 0 Å². The molecule has 0 aliphatic rings. The normalized spacial score (nSPS) is 10.9. The fourth-order valence-corrected chi connectivity index (χ4v) is 1.57. The monoisotopic (exact) mass is 199 g/mol. The number of imidazole rings is 1. The minimum atomic E-state index is 0.672. The summed E-state index contributed by atoms with van der Waals surface area (Å²) in [4.78, 5) is 7.69. The van der Waals surface area contributed by atoms with Crippen molar-refractivity contribution in [3.63, 3.8) is 0 Å². The molecule has 0 saturated heterocycles. The molecule has 74 valence electrons. The second kappa shape index (κ2) is 3.20. The van der Waals surface area contributed by atoms with E-state index in [1.54, 1.807) is 6.20 Å². The lowest BCUT2D eigenvalue weighted by Crippen LogP contribution is -1.90. The Bertz CT molecular complexity index is 533. The largest absolute Gasteiger partial charge is 0.342 e. The van der Waals surface area contributed by atoms with Gasteiger partial charge < -0.3 is 4.98 Å². The third-order valence-electron chi connectivity index (χ3n) is 2.25. The molecule has 1 aromatic carbocycles. The molecule has 2 N–H and O–H groups in total. The summed E-state index contributed by atoms with van der Waals surface area (Å²) in [6.07, 6.45) is 2.37. The van der Waals surface area contributed by atoms with Crippen molar-refractivity contribution in [2.45, 2.75) is 6.42 Å². The van der Waals surface area contributed by atoms with Crippen LogP contribution in [0.4, 0.5) is 0 Å². The zero-order valence-corrected chi connectivity index (χ0v) is 7.94. The van der Waals surface area contributed by atoms with Gasteiger partial charge in [0.1, 0.15) is 5.82 Å². The molecule has 0 radical (unpaired) electrons. The molecule has 0 aliphatic carbocycles. The lowest BCUT2D eigenvalue weighted by molar-refractivity contribution is 0.902. The zero-order chi connectivity index (χ0) is 10.1. The van der Waals surface area contributed by atoms with Crippen LogP contribution in [-0.2, 0) is 6.42 Å². The summed E-state index contributed by atoms with van der Waals surface area (Å²) in [6.45, 7) is 0. The first-order valence-electron chi connectivity index (χ1n) is 4.70. The number of aromatic amines is 2. The number of nitrogens with one attached hydrogen (secondary N) is 2. The minimum Gasteiger partial charge on any atom is -0.342 e. The number of aromatic nitrogens is 5. The van der Waals surface area contributed by atoms with Gasteiger partial charge in [-0.15, -0.1) is 0 Å². The second-order valence-electron chi connectivity index (χ2n) is 3.34. The Morgan fingerprint density at radius 2 is 2.13 bits per heavy atom. The molecule has 3 rings (SSSR count). The maximum atomic E-state index is 4.45. The first-order chi connectivity index (χ1) is 7.42. The third-order valence-corrected chi connectivity index (χ3v) is 2.25. The topological polar surface area (TPSA) is 70.2 Å². The number of benzene rings is 1. The summed E-state index contributed by atoms with van der Waals surface area (Å²) in [5, 5.41) is 10.3. The molecule has 0 fully saturated rings. The molecular weight excluding hydrogens is 190 g/mol. The number of para-hydroxylation sites is 2. The van der Waals surface area contributed by atoms with Crippen LogP contribution in [0.25, 0.3) is 11.0 Å². The molecule has 0 saturated carbocycles. The summed E-state index contributed by atoms with van der Waals surface area (Å²) in [6, 6.07) is 7.95. The van der Waals surface area contributed by atoms with E-state index in [1.165, 1.54) is 0 Å². The highest BCUT2D eigenvalue weighted by Gasteiger charge is 2.04. The average Bonchev–Trinajstić information content (AvgIpc) is 2.86. The SMILES string of the molecule is c1ccc2[nH]c(Cc3cn[nH]n3)nc2c1. The highest BCUT2D eigenvalue weighted by molar-refractivity contribution is 5.74. The van der Waals surface area contributed by atoms with Crippen molar-refractivity contribution in [2.75, 3.05) is 0 Å². The van der Waals surface area contributed by atoms with E-state index in [9.17, 15) is 0 Å². The van der Waals surface area contributed by atoms with Crippen molar-refractivity contribution in [3.05, 3.63) is 42.0 Å². The Morgan fingerprint density at radius 3 is 2.93 bits per heavy atom.